The van der Waals surface area contributed by atoms with Gasteiger partial charge in [0.05, 0.1) is 23.8 Å². The van der Waals surface area contributed by atoms with Gasteiger partial charge in [0.1, 0.15) is 0 Å². The Labute approximate surface area is 130 Å². The van der Waals surface area contributed by atoms with Crippen molar-refractivity contribution in [2.24, 2.45) is 0 Å². The molecule has 0 radical (unpaired) electrons. The quantitative estimate of drug-likeness (QED) is 0.466. The maximum Gasteiger partial charge on any atom is 0.346 e. The van der Waals surface area contributed by atoms with E-state index in [1.54, 1.807) is 24.3 Å². The van der Waals surface area contributed by atoms with E-state index < -0.39 is 17.9 Å². The molecule has 23 heavy (non-hydrogen) atoms. The summed E-state index contributed by atoms with van der Waals surface area (Å²) >= 11 is 0. The van der Waals surface area contributed by atoms with Gasteiger partial charge in [0.15, 0.2) is 6.29 Å². The third kappa shape index (κ3) is 1.69. The average Bonchev–Trinajstić information content (AvgIpc) is 2.84. The molecule has 114 valence electrons. The Kier molecular flexibility index (Phi) is 2.66. The number of carbonyl (C=O) groups excluding carboxylic acids is 4. The number of carbonyl (C=O) groups is 4. The molecular formula is C17H10O6. The predicted molar refractivity (Wildman–Crippen MR) is 75.9 cm³/mol. The first-order valence-electron chi connectivity index (χ1n) is 6.97. The fourth-order valence-electron chi connectivity index (χ4n) is 3.38. The molecular weight excluding hydrogens is 300 g/mol. The minimum absolute atomic E-state index is 0.104. The van der Waals surface area contributed by atoms with Gasteiger partial charge < -0.3 is 9.47 Å². The summed E-state index contributed by atoms with van der Waals surface area (Å²) in [5.74, 6) is -2.10. The number of fused-ring (bicyclic) bond motifs is 5. The standard InChI is InChI=1S/C17H10O6/c1-22-15(19)8-3-10-9(2-7(8)6-18)11-4-13-14(5-12(10)11)17(21)23-16(13)20/h2-6,11-12H,1H3. The Morgan fingerprint density at radius 2 is 1.65 bits per heavy atom. The molecule has 1 fully saturated rings. The highest BCUT2D eigenvalue weighted by Gasteiger charge is 2.45. The van der Waals surface area contributed by atoms with Crippen LogP contribution in [0.4, 0.5) is 0 Å². The van der Waals surface area contributed by atoms with E-state index in [0.717, 1.165) is 11.1 Å². The van der Waals surface area contributed by atoms with Gasteiger partial charge in [-0.25, -0.2) is 14.4 Å². The molecule has 3 aliphatic rings. The molecule has 1 aromatic carbocycles. The lowest BCUT2D eigenvalue weighted by Crippen LogP contribution is -2.27. The highest BCUT2D eigenvalue weighted by Crippen LogP contribution is 2.53. The Bertz CT molecular complexity index is 873. The molecule has 0 aromatic heterocycles. The molecule has 1 aromatic rings. The van der Waals surface area contributed by atoms with Crippen LogP contribution in [-0.4, -0.2) is 31.3 Å². The van der Waals surface area contributed by atoms with Crippen LogP contribution in [-0.2, 0) is 19.1 Å². The van der Waals surface area contributed by atoms with E-state index in [1.807, 2.05) is 0 Å². The van der Waals surface area contributed by atoms with Crippen LogP contribution >= 0.6 is 0 Å². The van der Waals surface area contributed by atoms with Crippen LogP contribution in [0.1, 0.15) is 43.7 Å². The predicted octanol–water partition coefficient (Wildman–Crippen LogP) is 1.42. The summed E-state index contributed by atoms with van der Waals surface area (Å²) in [6.45, 7) is 0. The molecule has 1 saturated heterocycles. The molecule has 1 aliphatic heterocycles. The van der Waals surface area contributed by atoms with E-state index >= 15 is 0 Å². The van der Waals surface area contributed by atoms with Gasteiger partial charge in [-0.1, -0.05) is 12.2 Å². The van der Waals surface area contributed by atoms with Crippen molar-refractivity contribution < 1.29 is 28.7 Å². The van der Waals surface area contributed by atoms with E-state index in [9.17, 15) is 19.2 Å². The summed E-state index contributed by atoms with van der Waals surface area (Å²) in [6, 6.07) is 3.25. The smallest absolute Gasteiger partial charge is 0.346 e. The summed E-state index contributed by atoms with van der Waals surface area (Å²) in [7, 11) is 1.25. The third-order valence-corrected chi connectivity index (χ3v) is 4.50. The Morgan fingerprint density at radius 1 is 1.09 bits per heavy atom. The molecule has 6 nitrogen and oxygen atoms in total. The van der Waals surface area contributed by atoms with Crippen LogP contribution in [0.3, 0.4) is 0 Å². The Balaban J connectivity index is 1.85. The maximum absolute atomic E-state index is 11.8. The van der Waals surface area contributed by atoms with Crippen molar-refractivity contribution in [1.82, 2.24) is 0 Å². The number of methoxy groups -OCH3 is 1. The molecule has 0 spiro atoms. The highest BCUT2D eigenvalue weighted by atomic mass is 16.6. The summed E-state index contributed by atoms with van der Waals surface area (Å²) in [6.07, 6.45) is 3.99. The van der Waals surface area contributed by atoms with Crippen LogP contribution in [0, 0.1) is 0 Å². The van der Waals surface area contributed by atoms with Gasteiger partial charge in [-0.05, 0) is 23.3 Å². The van der Waals surface area contributed by atoms with Crippen LogP contribution in [0.5, 0.6) is 0 Å². The van der Waals surface area contributed by atoms with E-state index in [1.165, 1.54) is 7.11 Å². The van der Waals surface area contributed by atoms with Gasteiger partial charge >= 0.3 is 17.9 Å². The lowest BCUT2D eigenvalue weighted by atomic mass is 9.63. The zero-order valence-corrected chi connectivity index (χ0v) is 12.0. The first kappa shape index (κ1) is 13.6. The van der Waals surface area contributed by atoms with E-state index in [0.29, 0.717) is 6.29 Å². The second-order valence-corrected chi connectivity index (χ2v) is 5.57. The van der Waals surface area contributed by atoms with E-state index in [-0.39, 0.29) is 34.1 Å². The molecule has 2 atom stereocenters. The topological polar surface area (TPSA) is 86.7 Å². The molecule has 4 rings (SSSR count). The van der Waals surface area contributed by atoms with Crippen molar-refractivity contribution in [2.45, 2.75) is 11.8 Å². The van der Waals surface area contributed by atoms with Gasteiger partial charge in [0, 0.05) is 17.4 Å². The summed E-state index contributed by atoms with van der Waals surface area (Å²) < 4.78 is 9.30. The first-order chi connectivity index (χ1) is 11.0. The van der Waals surface area contributed by atoms with Crippen LogP contribution < -0.4 is 0 Å². The molecule has 6 heteroatoms. The van der Waals surface area contributed by atoms with Crippen molar-refractivity contribution in [2.75, 3.05) is 7.11 Å². The zero-order chi connectivity index (χ0) is 16.3. The van der Waals surface area contributed by atoms with Gasteiger partial charge in [0.2, 0.25) is 0 Å². The second-order valence-electron chi connectivity index (χ2n) is 5.57. The number of hydrogen-bond acceptors (Lipinski definition) is 6. The van der Waals surface area contributed by atoms with Gasteiger partial charge in [0.25, 0.3) is 0 Å². The van der Waals surface area contributed by atoms with Crippen LogP contribution in [0.2, 0.25) is 0 Å². The summed E-state index contributed by atoms with van der Waals surface area (Å²) in [5, 5.41) is 0. The third-order valence-electron chi connectivity index (χ3n) is 4.50. The maximum atomic E-state index is 11.8. The van der Waals surface area contributed by atoms with Crippen LogP contribution in [0.15, 0.2) is 35.4 Å². The van der Waals surface area contributed by atoms with Crippen molar-refractivity contribution >= 4 is 24.2 Å². The molecule has 0 saturated carbocycles. The number of hydrogen-bond donors (Lipinski definition) is 0. The summed E-state index contributed by atoms with van der Waals surface area (Å²) in [5.41, 5.74) is 2.67. The number of benzene rings is 1. The van der Waals surface area contributed by atoms with E-state index in [4.69, 9.17) is 4.74 Å². The SMILES string of the molecule is COC(=O)c1cc2c(cc1C=O)C1C=C3C(=O)OC(=O)C3=CC21. The molecule has 0 amide bonds. The number of esters is 3. The second kappa shape index (κ2) is 4.49. The molecule has 1 heterocycles. The number of cyclic esters (lactones) is 2. The Hall–Kier alpha value is -3.02. The minimum atomic E-state index is -0.647. The van der Waals surface area contributed by atoms with E-state index in [2.05, 4.69) is 4.74 Å². The normalized spacial score (nSPS) is 23.5. The number of ether oxygens (including phenoxy) is 2. The molecule has 0 N–H and O–H groups in total. The van der Waals surface area contributed by atoms with Gasteiger partial charge in [-0.2, -0.15) is 0 Å². The number of aldehydes is 1. The fourth-order valence-corrected chi connectivity index (χ4v) is 3.38. The molecule has 0 bridgehead atoms. The van der Waals surface area contributed by atoms with Crippen molar-refractivity contribution in [1.29, 1.82) is 0 Å². The minimum Gasteiger partial charge on any atom is -0.465 e. The average molecular weight is 310 g/mol. The Morgan fingerprint density at radius 3 is 2.17 bits per heavy atom. The zero-order valence-electron chi connectivity index (χ0n) is 12.0. The highest BCUT2D eigenvalue weighted by molar-refractivity contribution is 6.18. The fraction of sp³-hybridized carbons (Fsp3) is 0.176. The monoisotopic (exact) mass is 310 g/mol. The largest absolute Gasteiger partial charge is 0.465 e. The van der Waals surface area contributed by atoms with Gasteiger partial charge in [-0.15, -0.1) is 0 Å². The first-order valence-corrected chi connectivity index (χ1v) is 6.97. The number of rotatable bonds is 2. The molecule has 2 unspecified atom stereocenters. The number of allylic oxidation sites excluding steroid dienone is 2. The lowest BCUT2D eigenvalue weighted by molar-refractivity contribution is -0.149. The lowest BCUT2D eigenvalue weighted by Gasteiger charge is -2.39. The van der Waals surface area contributed by atoms with Crippen molar-refractivity contribution in [3.8, 4) is 0 Å². The van der Waals surface area contributed by atoms with Gasteiger partial charge in [-0.3, -0.25) is 4.79 Å². The van der Waals surface area contributed by atoms with Crippen molar-refractivity contribution in [3.05, 3.63) is 57.7 Å². The van der Waals surface area contributed by atoms with Crippen LogP contribution in [0.25, 0.3) is 0 Å². The molecule has 2 aliphatic carbocycles. The van der Waals surface area contributed by atoms with Crippen molar-refractivity contribution in [3.63, 3.8) is 0 Å². The summed E-state index contributed by atoms with van der Waals surface area (Å²) in [4.78, 5) is 46.3.